The van der Waals surface area contributed by atoms with E-state index in [2.05, 4.69) is 30.4 Å². The fourth-order valence-corrected chi connectivity index (χ4v) is 2.20. The van der Waals surface area contributed by atoms with Crippen molar-refractivity contribution in [2.45, 2.75) is 26.4 Å². The Labute approximate surface area is 128 Å². The summed E-state index contributed by atoms with van der Waals surface area (Å²) in [6, 6.07) is 7.53. The molecule has 1 atom stereocenters. The Kier molecular flexibility index (Phi) is 4.04. The van der Waals surface area contributed by atoms with E-state index < -0.39 is 0 Å². The third kappa shape index (κ3) is 2.93. The molecule has 1 N–H and O–H groups in total. The van der Waals surface area contributed by atoms with Crippen LogP contribution >= 0.6 is 0 Å². The van der Waals surface area contributed by atoms with Crippen molar-refractivity contribution in [3.8, 4) is 11.4 Å². The minimum atomic E-state index is -0.0403. The van der Waals surface area contributed by atoms with E-state index in [1.807, 2.05) is 42.8 Å². The maximum absolute atomic E-state index is 4.51. The van der Waals surface area contributed by atoms with Gasteiger partial charge in [-0.05, 0) is 32.0 Å². The van der Waals surface area contributed by atoms with E-state index in [9.17, 15) is 0 Å². The van der Waals surface area contributed by atoms with Gasteiger partial charge in [0.15, 0.2) is 0 Å². The summed E-state index contributed by atoms with van der Waals surface area (Å²) in [5, 5.41) is 7.43. The molecule has 7 nitrogen and oxygen atoms in total. The highest BCUT2D eigenvalue weighted by Crippen LogP contribution is 2.17. The second-order valence-corrected chi connectivity index (χ2v) is 4.78. The molecule has 0 aliphatic carbocycles. The van der Waals surface area contributed by atoms with Crippen LogP contribution < -0.4 is 5.32 Å². The molecule has 3 rings (SSSR count). The summed E-state index contributed by atoms with van der Waals surface area (Å²) >= 11 is 0. The molecule has 0 aliphatic rings. The lowest BCUT2D eigenvalue weighted by molar-refractivity contribution is 0.591. The third-order valence-corrected chi connectivity index (χ3v) is 3.26. The van der Waals surface area contributed by atoms with Crippen molar-refractivity contribution in [3.05, 3.63) is 48.8 Å². The molecule has 3 aromatic heterocycles. The summed E-state index contributed by atoms with van der Waals surface area (Å²) in [5.41, 5.74) is 1.60. The first kappa shape index (κ1) is 14.1. The van der Waals surface area contributed by atoms with E-state index in [1.54, 1.807) is 18.7 Å². The van der Waals surface area contributed by atoms with E-state index in [1.165, 1.54) is 0 Å². The monoisotopic (exact) mass is 295 g/mol. The van der Waals surface area contributed by atoms with Crippen molar-refractivity contribution in [3.63, 3.8) is 0 Å². The molecule has 22 heavy (non-hydrogen) atoms. The molecular formula is C15H17N7. The SMILES string of the molecule is CCn1ncnc1[C@H](C)Nc1nccc(-c2ccccn2)n1. The number of hydrogen-bond donors (Lipinski definition) is 1. The van der Waals surface area contributed by atoms with Gasteiger partial charge in [-0.2, -0.15) is 5.10 Å². The molecular weight excluding hydrogens is 278 g/mol. The molecule has 0 aromatic carbocycles. The van der Waals surface area contributed by atoms with E-state index in [0.29, 0.717) is 5.95 Å². The van der Waals surface area contributed by atoms with Crippen LogP contribution in [0, 0.1) is 0 Å². The van der Waals surface area contributed by atoms with Gasteiger partial charge in [-0.1, -0.05) is 6.07 Å². The van der Waals surface area contributed by atoms with Gasteiger partial charge < -0.3 is 5.32 Å². The van der Waals surface area contributed by atoms with Crippen molar-refractivity contribution in [2.75, 3.05) is 5.32 Å². The highest BCUT2D eigenvalue weighted by atomic mass is 15.3. The third-order valence-electron chi connectivity index (χ3n) is 3.26. The van der Waals surface area contributed by atoms with Gasteiger partial charge in [-0.15, -0.1) is 0 Å². The van der Waals surface area contributed by atoms with Crippen LogP contribution in [0.5, 0.6) is 0 Å². The van der Waals surface area contributed by atoms with E-state index in [0.717, 1.165) is 23.8 Å². The smallest absolute Gasteiger partial charge is 0.223 e. The van der Waals surface area contributed by atoms with Gasteiger partial charge in [0.25, 0.3) is 0 Å². The number of nitrogens with one attached hydrogen (secondary N) is 1. The molecule has 0 amide bonds. The number of aromatic nitrogens is 6. The van der Waals surface area contributed by atoms with E-state index in [4.69, 9.17) is 0 Å². The van der Waals surface area contributed by atoms with Gasteiger partial charge in [-0.25, -0.2) is 19.6 Å². The van der Waals surface area contributed by atoms with Gasteiger partial charge in [0, 0.05) is 18.9 Å². The van der Waals surface area contributed by atoms with Gasteiger partial charge in [0.2, 0.25) is 5.95 Å². The first-order valence-electron chi connectivity index (χ1n) is 7.16. The summed E-state index contributed by atoms with van der Waals surface area (Å²) < 4.78 is 1.85. The molecule has 0 radical (unpaired) electrons. The maximum atomic E-state index is 4.51. The lowest BCUT2D eigenvalue weighted by atomic mass is 10.2. The summed E-state index contributed by atoms with van der Waals surface area (Å²) in [6.45, 7) is 4.81. The van der Waals surface area contributed by atoms with Gasteiger partial charge >= 0.3 is 0 Å². The zero-order valence-electron chi connectivity index (χ0n) is 12.5. The van der Waals surface area contributed by atoms with Crippen molar-refractivity contribution in [1.82, 2.24) is 29.7 Å². The molecule has 112 valence electrons. The van der Waals surface area contributed by atoms with E-state index in [-0.39, 0.29) is 6.04 Å². The highest BCUT2D eigenvalue weighted by Gasteiger charge is 2.13. The molecule has 0 spiro atoms. The largest absolute Gasteiger partial charge is 0.344 e. The molecule has 0 unspecified atom stereocenters. The fourth-order valence-electron chi connectivity index (χ4n) is 2.20. The van der Waals surface area contributed by atoms with Crippen molar-refractivity contribution < 1.29 is 0 Å². The summed E-state index contributed by atoms with van der Waals surface area (Å²) in [6.07, 6.45) is 5.02. The number of pyridine rings is 1. The Balaban J connectivity index is 1.81. The minimum Gasteiger partial charge on any atom is -0.344 e. The zero-order chi connectivity index (χ0) is 15.4. The second-order valence-electron chi connectivity index (χ2n) is 4.78. The van der Waals surface area contributed by atoms with Crippen molar-refractivity contribution >= 4 is 5.95 Å². The lowest BCUT2D eigenvalue weighted by Crippen LogP contribution is -2.15. The Hall–Kier alpha value is -2.83. The summed E-state index contributed by atoms with van der Waals surface area (Å²) in [4.78, 5) is 17.4. The number of nitrogens with zero attached hydrogens (tertiary/aromatic N) is 6. The summed E-state index contributed by atoms with van der Waals surface area (Å²) in [5.74, 6) is 1.40. The van der Waals surface area contributed by atoms with Crippen LogP contribution in [0.25, 0.3) is 11.4 Å². The van der Waals surface area contributed by atoms with Gasteiger partial charge in [0.1, 0.15) is 12.2 Å². The van der Waals surface area contributed by atoms with Crippen LogP contribution in [0.2, 0.25) is 0 Å². The standard InChI is InChI=1S/C15H17N7/c1-3-22-14(18-10-19-22)11(2)20-15-17-9-7-13(21-15)12-6-4-5-8-16-12/h4-11H,3H2,1-2H3,(H,17,20,21)/t11-/m0/s1. The van der Waals surface area contributed by atoms with Crippen LogP contribution in [-0.4, -0.2) is 29.7 Å². The molecule has 0 aliphatic heterocycles. The minimum absolute atomic E-state index is 0.0403. The quantitative estimate of drug-likeness (QED) is 0.778. The molecule has 7 heteroatoms. The summed E-state index contributed by atoms with van der Waals surface area (Å²) in [7, 11) is 0. The average Bonchev–Trinajstić information content (AvgIpc) is 3.05. The Bertz CT molecular complexity index is 738. The predicted octanol–water partition coefficient (Wildman–Crippen LogP) is 2.32. The first-order valence-corrected chi connectivity index (χ1v) is 7.16. The number of hydrogen-bond acceptors (Lipinski definition) is 6. The Morgan fingerprint density at radius 2 is 2.00 bits per heavy atom. The zero-order valence-corrected chi connectivity index (χ0v) is 12.5. The molecule has 3 heterocycles. The van der Waals surface area contributed by atoms with E-state index >= 15 is 0 Å². The first-order chi connectivity index (χ1) is 10.8. The Morgan fingerprint density at radius 3 is 2.77 bits per heavy atom. The topological polar surface area (TPSA) is 81.4 Å². The van der Waals surface area contributed by atoms with Crippen molar-refractivity contribution in [2.24, 2.45) is 0 Å². The van der Waals surface area contributed by atoms with Crippen LogP contribution in [0.4, 0.5) is 5.95 Å². The molecule has 0 bridgehead atoms. The van der Waals surface area contributed by atoms with Crippen molar-refractivity contribution in [1.29, 1.82) is 0 Å². The molecule has 3 aromatic rings. The lowest BCUT2D eigenvalue weighted by Gasteiger charge is -2.14. The molecule has 0 saturated carbocycles. The normalized spacial score (nSPS) is 12.1. The highest BCUT2D eigenvalue weighted by molar-refractivity contribution is 5.54. The van der Waals surface area contributed by atoms with Crippen LogP contribution in [-0.2, 0) is 6.54 Å². The van der Waals surface area contributed by atoms with Gasteiger partial charge in [-0.3, -0.25) is 4.98 Å². The van der Waals surface area contributed by atoms with Crippen LogP contribution in [0.15, 0.2) is 43.0 Å². The Morgan fingerprint density at radius 1 is 1.09 bits per heavy atom. The van der Waals surface area contributed by atoms with Crippen LogP contribution in [0.1, 0.15) is 25.7 Å². The fraction of sp³-hybridized carbons (Fsp3) is 0.267. The number of anilines is 1. The maximum Gasteiger partial charge on any atom is 0.223 e. The second kappa shape index (κ2) is 6.30. The van der Waals surface area contributed by atoms with Crippen LogP contribution in [0.3, 0.4) is 0 Å². The number of rotatable bonds is 5. The average molecular weight is 295 g/mol. The van der Waals surface area contributed by atoms with Gasteiger partial charge in [0.05, 0.1) is 17.4 Å². The molecule has 0 fully saturated rings. The number of aryl methyl sites for hydroxylation is 1. The molecule has 0 saturated heterocycles. The predicted molar refractivity (Wildman–Crippen MR) is 83.0 cm³/mol.